The number of hydrogen-bond acceptors (Lipinski definition) is 13. The second-order valence-corrected chi connectivity index (χ2v) is 17.8. The standard InChI is InChI=1S/C39H72O16P2/c1-4-6-13-19-31(40)23-24-35-34(36(42)25-37(35)43)20-15-11-12-16-21-38(44)51-28-33(29-54-57(49,50)53-27-32(41)26-52-56(46,47)48)55-39(45)22-17-10-8-7-9-14-18-30(3)5-2/h11,15,23-24,30-37,40-43H,4-10,12-14,16-22,25-29H2,1-3H3,(H,49,50)(H2,46,47,48)/b15-11+,24-23+/t30?,31-,32-,33+,34+,35+,36-,37+/m0/s1. The minimum Gasteiger partial charge on any atom is -0.462 e. The highest BCUT2D eigenvalue weighted by molar-refractivity contribution is 7.47. The minimum absolute atomic E-state index is 0.0193. The molecule has 0 aromatic carbocycles. The Balaban J connectivity index is 2.61. The average Bonchev–Trinajstić information content (AvgIpc) is 3.42. The zero-order valence-corrected chi connectivity index (χ0v) is 36.0. The molecule has 1 aliphatic carbocycles. The van der Waals surface area contributed by atoms with E-state index < -0.39 is 84.5 Å². The van der Waals surface area contributed by atoms with Gasteiger partial charge in [-0.2, -0.15) is 0 Å². The Morgan fingerprint density at radius 3 is 2.07 bits per heavy atom. The molecule has 0 amide bonds. The van der Waals surface area contributed by atoms with E-state index in [1.54, 1.807) is 6.08 Å². The van der Waals surface area contributed by atoms with Crippen LogP contribution in [0.2, 0.25) is 0 Å². The van der Waals surface area contributed by atoms with Crippen molar-refractivity contribution in [1.82, 2.24) is 0 Å². The molecule has 18 heteroatoms. The van der Waals surface area contributed by atoms with Gasteiger partial charge in [0.25, 0.3) is 0 Å². The Labute approximate surface area is 339 Å². The van der Waals surface area contributed by atoms with Crippen LogP contribution < -0.4 is 0 Å². The van der Waals surface area contributed by atoms with E-state index in [1.165, 1.54) is 19.3 Å². The van der Waals surface area contributed by atoms with Crippen molar-refractivity contribution in [2.24, 2.45) is 17.8 Å². The second-order valence-electron chi connectivity index (χ2n) is 15.1. The van der Waals surface area contributed by atoms with E-state index in [-0.39, 0.29) is 31.1 Å². The maximum absolute atomic E-state index is 12.6. The first-order valence-electron chi connectivity index (χ1n) is 20.7. The summed E-state index contributed by atoms with van der Waals surface area (Å²) < 4.78 is 47.6. The van der Waals surface area contributed by atoms with Crippen LogP contribution >= 0.6 is 15.6 Å². The number of rotatable bonds is 34. The number of ether oxygens (including phenoxy) is 2. The molecule has 2 unspecified atom stereocenters. The lowest BCUT2D eigenvalue weighted by Crippen LogP contribution is -2.30. The number of carbonyl (C=O) groups excluding carboxylic acids is 2. The normalized spacial score (nSPS) is 22.1. The zero-order valence-electron chi connectivity index (χ0n) is 34.2. The fourth-order valence-corrected chi connectivity index (χ4v) is 7.47. The van der Waals surface area contributed by atoms with Crippen molar-refractivity contribution in [2.45, 2.75) is 167 Å². The Hall–Kier alpha value is -1.52. The molecule has 0 aliphatic heterocycles. The summed E-state index contributed by atoms with van der Waals surface area (Å²) >= 11 is 0. The predicted molar refractivity (Wildman–Crippen MR) is 213 cm³/mol. The van der Waals surface area contributed by atoms with Gasteiger partial charge in [0.2, 0.25) is 0 Å². The van der Waals surface area contributed by atoms with Crippen LogP contribution in [-0.2, 0) is 41.8 Å². The molecule has 1 rings (SSSR count). The topological polar surface area (TPSA) is 256 Å². The highest BCUT2D eigenvalue weighted by atomic mass is 31.2. The molecule has 0 aromatic rings. The first-order valence-corrected chi connectivity index (χ1v) is 23.7. The van der Waals surface area contributed by atoms with Gasteiger partial charge in [-0.3, -0.25) is 23.2 Å². The van der Waals surface area contributed by atoms with Gasteiger partial charge < -0.3 is 44.6 Å². The van der Waals surface area contributed by atoms with E-state index in [2.05, 4.69) is 29.8 Å². The van der Waals surface area contributed by atoms with Crippen molar-refractivity contribution in [1.29, 1.82) is 0 Å². The molecule has 0 aromatic heterocycles. The Morgan fingerprint density at radius 2 is 1.39 bits per heavy atom. The summed E-state index contributed by atoms with van der Waals surface area (Å²) in [7, 11) is -9.75. The second kappa shape index (κ2) is 30.5. The van der Waals surface area contributed by atoms with Gasteiger partial charge >= 0.3 is 27.6 Å². The molecule has 0 bridgehead atoms. The summed E-state index contributed by atoms with van der Waals surface area (Å²) in [4.78, 5) is 52.7. The maximum Gasteiger partial charge on any atom is 0.472 e. The number of esters is 2. The lowest BCUT2D eigenvalue weighted by Gasteiger charge is -2.20. The fraction of sp³-hybridized carbons (Fsp3) is 0.846. The first-order chi connectivity index (χ1) is 27.0. The number of phosphoric acid groups is 2. The van der Waals surface area contributed by atoms with Gasteiger partial charge in [-0.15, -0.1) is 0 Å². The SMILES string of the molecule is CCCCC[C@H](O)/C=C/[C@@H]1[C@@H](C/C=C/CCCC(=O)OC[C@H](COP(=O)(O)OC[C@@H](O)COP(=O)(O)O)OC(=O)CCCCCCCCC(C)CC)[C@@H](O)C[C@H]1O. The number of aliphatic hydroxyl groups excluding tert-OH is 4. The Kier molecular flexibility index (Phi) is 28.6. The van der Waals surface area contributed by atoms with E-state index in [0.717, 1.165) is 50.9 Å². The van der Waals surface area contributed by atoms with Crippen LogP contribution in [0.3, 0.4) is 0 Å². The summed E-state index contributed by atoms with van der Waals surface area (Å²) in [6.45, 7) is 3.59. The molecule has 9 atom stereocenters. The van der Waals surface area contributed by atoms with Crippen LogP contribution in [0.25, 0.3) is 0 Å². The average molecular weight is 859 g/mol. The summed E-state index contributed by atoms with van der Waals surface area (Å²) in [5, 5.41) is 41.0. The summed E-state index contributed by atoms with van der Waals surface area (Å²) in [6.07, 6.45) is 16.0. The molecule has 7 N–H and O–H groups in total. The van der Waals surface area contributed by atoms with Crippen LogP contribution in [0.15, 0.2) is 24.3 Å². The van der Waals surface area contributed by atoms with Crippen molar-refractivity contribution in [2.75, 3.05) is 26.4 Å². The van der Waals surface area contributed by atoms with Crippen molar-refractivity contribution < 1.29 is 76.9 Å². The van der Waals surface area contributed by atoms with Crippen LogP contribution in [0.4, 0.5) is 0 Å². The van der Waals surface area contributed by atoms with Gasteiger partial charge in [-0.1, -0.05) is 109 Å². The molecule has 1 aliphatic rings. The number of phosphoric ester groups is 2. The van der Waals surface area contributed by atoms with Gasteiger partial charge in [-0.25, -0.2) is 9.13 Å². The molecule has 16 nitrogen and oxygen atoms in total. The van der Waals surface area contributed by atoms with Crippen LogP contribution in [-0.4, -0.2) is 104 Å². The predicted octanol–water partition coefficient (Wildman–Crippen LogP) is 6.18. The van der Waals surface area contributed by atoms with Crippen LogP contribution in [0.5, 0.6) is 0 Å². The molecule has 0 saturated heterocycles. The molecule has 57 heavy (non-hydrogen) atoms. The first kappa shape index (κ1) is 53.5. The highest BCUT2D eigenvalue weighted by Crippen LogP contribution is 2.44. The number of hydrogen-bond donors (Lipinski definition) is 7. The molecule has 0 heterocycles. The highest BCUT2D eigenvalue weighted by Gasteiger charge is 2.39. The molecule has 1 fully saturated rings. The zero-order chi connectivity index (χ0) is 42.7. The fourth-order valence-electron chi connectivity index (χ4n) is 6.32. The van der Waals surface area contributed by atoms with Gasteiger partial charge in [0, 0.05) is 25.2 Å². The summed E-state index contributed by atoms with van der Waals surface area (Å²) in [5.41, 5.74) is 0. The van der Waals surface area contributed by atoms with Crippen molar-refractivity contribution in [3.05, 3.63) is 24.3 Å². The maximum atomic E-state index is 12.6. The third-order valence-corrected chi connectivity index (χ3v) is 11.4. The van der Waals surface area contributed by atoms with E-state index in [0.29, 0.717) is 32.1 Å². The monoisotopic (exact) mass is 858 g/mol. The quantitative estimate of drug-likeness (QED) is 0.0165. The number of unbranched alkanes of at least 4 members (excludes halogenated alkanes) is 8. The number of allylic oxidation sites excluding steroid dienone is 2. The van der Waals surface area contributed by atoms with Crippen molar-refractivity contribution in [3.63, 3.8) is 0 Å². The Bertz CT molecular complexity index is 1240. The summed E-state index contributed by atoms with van der Waals surface area (Å²) in [5.74, 6) is -0.991. The van der Waals surface area contributed by atoms with Crippen molar-refractivity contribution >= 4 is 27.6 Å². The van der Waals surface area contributed by atoms with Crippen LogP contribution in [0, 0.1) is 17.8 Å². The third kappa shape index (κ3) is 27.8. The number of carbonyl (C=O) groups is 2. The van der Waals surface area contributed by atoms with Gasteiger partial charge in [0.05, 0.1) is 38.1 Å². The molecule has 0 radical (unpaired) electrons. The molecular weight excluding hydrogens is 786 g/mol. The van der Waals surface area contributed by atoms with Gasteiger partial charge in [-0.05, 0) is 43.9 Å². The molecule has 0 spiro atoms. The molecule has 334 valence electrons. The molecular formula is C39H72O16P2. The van der Waals surface area contributed by atoms with E-state index in [9.17, 15) is 44.0 Å². The van der Waals surface area contributed by atoms with E-state index >= 15 is 0 Å². The lowest BCUT2D eigenvalue weighted by atomic mass is 9.89. The third-order valence-electron chi connectivity index (χ3n) is 9.94. The minimum atomic E-state index is -4.89. The lowest BCUT2D eigenvalue weighted by molar-refractivity contribution is -0.161. The molecule has 1 saturated carbocycles. The Morgan fingerprint density at radius 1 is 0.754 bits per heavy atom. The van der Waals surface area contributed by atoms with Gasteiger partial charge in [0.15, 0.2) is 6.10 Å². The van der Waals surface area contributed by atoms with Crippen LogP contribution in [0.1, 0.15) is 136 Å². The smallest absolute Gasteiger partial charge is 0.462 e. The number of aliphatic hydroxyl groups is 4. The van der Waals surface area contributed by atoms with Crippen molar-refractivity contribution in [3.8, 4) is 0 Å². The van der Waals surface area contributed by atoms with Gasteiger partial charge in [0.1, 0.15) is 12.7 Å². The summed E-state index contributed by atoms with van der Waals surface area (Å²) in [6, 6.07) is 0. The largest absolute Gasteiger partial charge is 0.472 e. The van der Waals surface area contributed by atoms with E-state index in [1.807, 2.05) is 18.2 Å². The van der Waals surface area contributed by atoms with E-state index in [4.69, 9.17) is 23.8 Å².